The summed E-state index contributed by atoms with van der Waals surface area (Å²) in [7, 11) is -1.01. The van der Waals surface area contributed by atoms with E-state index < -0.39 is 100.0 Å². The van der Waals surface area contributed by atoms with Gasteiger partial charge in [0.05, 0.1) is 46.3 Å². The zero-order chi connectivity index (χ0) is 45.2. The van der Waals surface area contributed by atoms with Crippen LogP contribution < -0.4 is 0 Å². The number of nitrogens with zero attached hydrogens (tertiary/aromatic N) is 2. The Bertz CT molecular complexity index is 2070. The number of esters is 2. The number of hydrogen-bond donors (Lipinski definition) is 4. The van der Waals surface area contributed by atoms with Crippen LogP contribution >= 0.6 is 0 Å². The summed E-state index contributed by atoms with van der Waals surface area (Å²) < 4.78 is 55.3. The van der Waals surface area contributed by atoms with Crippen LogP contribution in [0.3, 0.4) is 0 Å². The number of cyclic esters (lactones) is 1. The molecule has 2 aliphatic rings. The minimum atomic E-state index is -4.22. The van der Waals surface area contributed by atoms with Crippen LogP contribution in [0.25, 0.3) is 10.8 Å². The molecular formula is C46H66N2O12S. The van der Waals surface area contributed by atoms with E-state index in [1.54, 1.807) is 84.1 Å². The van der Waals surface area contributed by atoms with Crippen LogP contribution in [0.5, 0.6) is 0 Å². The van der Waals surface area contributed by atoms with Gasteiger partial charge in [-0.15, -0.1) is 0 Å². The average molecular weight is 871 g/mol. The van der Waals surface area contributed by atoms with Crippen LogP contribution in [-0.2, 0) is 33.8 Å². The first-order valence-corrected chi connectivity index (χ1v) is 22.7. The molecule has 4 N–H and O–H groups in total. The van der Waals surface area contributed by atoms with Crippen molar-refractivity contribution in [2.24, 2.45) is 17.8 Å². The van der Waals surface area contributed by atoms with Crippen molar-refractivity contribution in [3.8, 4) is 0 Å². The highest BCUT2D eigenvalue weighted by molar-refractivity contribution is 7.89. The molecule has 338 valence electrons. The fourth-order valence-corrected chi connectivity index (χ4v) is 10.5. The number of carbonyl (C=O) groups excluding carboxylic acids is 2. The number of hydrogen-bond acceptors (Lipinski definition) is 13. The summed E-state index contributed by atoms with van der Waals surface area (Å²) >= 11 is 0. The first-order chi connectivity index (χ1) is 28.5. The molecule has 15 heteroatoms. The maximum absolute atomic E-state index is 14.5. The summed E-state index contributed by atoms with van der Waals surface area (Å²) in [5.41, 5.74) is -3.39. The highest BCUT2D eigenvalue weighted by Gasteiger charge is 2.52. The molecule has 0 unspecified atom stereocenters. The molecule has 2 fully saturated rings. The molecule has 0 bridgehead atoms. The van der Waals surface area contributed by atoms with Crippen LogP contribution in [-0.4, -0.2) is 137 Å². The number of aliphatic hydroxyl groups excluding tert-OH is 2. The van der Waals surface area contributed by atoms with Crippen molar-refractivity contribution in [2.45, 2.75) is 146 Å². The molecule has 2 saturated heterocycles. The van der Waals surface area contributed by atoms with E-state index in [4.69, 9.17) is 18.9 Å². The largest absolute Gasteiger partial charge is 0.459 e. The quantitative estimate of drug-likeness (QED) is 0.227. The molecule has 14 nitrogen and oxygen atoms in total. The molecule has 0 aromatic heterocycles. The van der Waals surface area contributed by atoms with Crippen molar-refractivity contribution in [1.29, 1.82) is 0 Å². The van der Waals surface area contributed by atoms with Crippen LogP contribution in [0.1, 0.15) is 85.0 Å². The molecule has 0 saturated carbocycles. The monoisotopic (exact) mass is 870 g/mol. The lowest BCUT2D eigenvalue weighted by atomic mass is 9.78. The average Bonchev–Trinajstić information content (AvgIpc) is 3.22. The molecule has 0 aliphatic carbocycles. The van der Waals surface area contributed by atoms with E-state index >= 15 is 0 Å². The second-order valence-electron chi connectivity index (χ2n) is 17.9. The van der Waals surface area contributed by atoms with Crippen LogP contribution in [0.15, 0.2) is 77.7 Å². The van der Waals surface area contributed by atoms with Gasteiger partial charge in [0.15, 0.2) is 12.4 Å². The fourth-order valence-electron chi connectivity index (χ4n) is 9.14. The molecular weight excluding hydrogens is 805 g/mol. The van der Waals surface area contributed by atoms with Crippen LogP contribution in [0.2, 0.25) is 0 Å². The van der Waals surface area contributed by atoms with Crippen molar-refractivity contribution >= 4 is 32.7 Å². The van der Waals surface area contributed by atoms with Crippen molar-refractivity contribution in [2.75, 3.05) is 20.6 Å². The van der Waals surface area contributed by atoms with Crippen molar-refractivity contribution < 1.29 is 57.4 Å². The van der Waals surface area contributed by atoms with E-state index in [9.17, 15) is 38.4 Å². The van der Waals surface area contributed by atoms with Crippen LogP contribution in [0, 0.1) is 17.8 Å². The number of rotatable bonds is 8. The zero-order valence-corrected chi connectivity index (χ0v) is 37.9. The highest BCUT2D eigenvalue weighted by atomic mass is 32.2. The van der Waals surface area contributed by atoms with Gasteiger partial charge in [-0.05, 0) is 102 Å². The first-order valence-electron chi connectivity index (χ1n) is 21.3. The third-order valence-corrected chi connectivity index (χ3v) is 14.8. The fraction of sp³-hybridized carbons (Fsp3) is 0.609. The third-order valence-electron chi connectivity index (χ3n) is 12.9. The SMILES string of the molecule is CC[C@H]1OC(=O)[C@H](C)[C@@H](O)[C@H](C)[C@@H](O[C@@H]2O[C@H](C)C[C@H](N(C)S(=O)(=O)c3ccc4ccccc4c3)[C@H]2OC(=O)c2ccccc2)[C@@](C)(O)C[C@@H](C)CN(C)[C@H](C)[C@@H](O)[C@]1(C)O. The predicted octanol–water partition coefficient (Wildman–Crippen LogP) is 4.75. The van der Waals surface area contributed by atoms with Gasteiger partial charge in [-0.2, -0.15) is 4.31 Å². The Morgan fingerprint density at radius 1 is 0.951 bits per heavy atom. The second-order valence-corrected chi connectivity index (χ2v) is 19.9. The number of benzene rings is 3. The number of ether oxygens (including phenoxy) is 4. The summed E-state index contributed by atoms with van der Waals surface area (Å²) in [4.78, 5) is 29.5. The highest BCUT2D eigenvalue weighted by Crippen LogP contribution is 2.38. The zero-order valence-electron chi connectivity index (χ0n) is 37.0. The van der Waals surface area contributed by atoms with Gasteiger partial charge >= 0.3 is 11.9 Å². The molecule has 0 radical (unpaired) electrons. The lowest BCUT2D eigenvalue weighted by Crippen LogP contribution is -2.61. The molecule has 61 heavy (non-hydrogen) atoms. The van der Waals surface area contributed by atoms with E-state index in [1.165, 1.54) is 31.3 Å². The second kappa shape index (κ2) is 19.5. The van der Waals surface area contributed by atoms with Crippen LogP contribution in [0.4, 0.5) is 0 Å². The normalized spacial score (nSPS) is 36.5. The Hall–Kier alpha value is -3.51. The first kappa shape index (κ1) is 48.5. The molecule has 5 rings (SSSR count). The number of likely N-dealkylation sites (N-methyl/N-ethyl adjacent to an activating group) is 2. The number of carbonyl (C=O) groups is 2. The van der Waals surface area contributed by atoms with E-state index in [-0.39, 0.29) is 35.6 Å². The minimum absolute atomic E-state index is 0.0356. The summed E-state index contributed by atoms with van der Waals surface area (Å²) in [5, 5.41) is 49.1. The Labute approximate surface area is 360 Å². The van der Waals surface area contributed by atoms with Crippen molar-refractivity contribution in [3.05, 3.63) is 78.4 Å². The summed E-state index contributed by atoms with van der Waals surface area (Å²) in [6.07, 6.45) is -8.38. The van der Waals surface area contributed by atoms with Gasteiger partial charge in [-0.25, -0.2) is 13.2 Å². The predicted molar refractivity (Wildman–Crippen MR) is 230 cm³/mol. The molecule has 3 aromatic rings. The standard InChI is InChI=1S/C46H66N2O12S/c1-11-37-46(8,54)40(50)31(6)47(9)26-27(2)25-45(7,53)41(29(4)38(49)30(5)42(51)58-37)60-44-39(59-43(52)33-18-13-12-14-19-33)36(23-28(3)57-44)48(10)61(55,56)35-22-21-32-17-15-16-20-34(32)24-35/h12-22,24,27-31,36-41,44,49-50,53-54H,11,23,25-26H2,1-10H3/t27-,28-,29+,30-,31-,36+,37-,38+,39-,40-,41-,44+,45+,46-/m1/s1. The van der Waals surface area contributed by atoms with E-state index in [0.717, 1.165) is 10.8 Å². The molecule has 3 aromatic carbocycles. The summed E-state index contributed by atoms with van der Waals surface area (Å²) in [6.45, 7) is 13.5. The summed E-state index contributed by atoms with van der Waals surface area (Å²) in [5.74, 6) is -4.07. The van der Waals surface area contributed by atoms with Gasteiger partial charge in [0.25, 0.3) is 0 Å². The molecule has 0 spiro atoms. The number of fused-ring (bicyclic) bond motifs is 1. The van der Waals surface area contributed by atoms with Gasteiger partial charge in [-0.1, -0.05) is 69.3 Å². The molecule has 0 amide bonds. The molecule has 2 heterocycles. The Morgan fingerprint density at radius 2 is 1.57 bits per heavy atom. The Kier molecular flexibility index (Phi) is 15.5. The Balaban J connectivity index is 1.57. The molecule has 14 atom stereocenters. The maximum atomic E-state index is 14.5. The van der Waals surface area contributed by atoms with Crippen molar-refractivity contribution in [3.63, 3.8) is 0 Å². The van der Waals surface area contributed by atoms with Gasteiger partial charge in [0, 0.05) is 25.6 Å². The van der Waals surface area contributed by atoms with E-state index in [1.807, 2.05) is 36.1 Å². The smallest absolute Gasteiger partial charge is 0.338 e. The number of aliphatic hydroxyl groups is 4. The Morgan fingerprint density at radius 3 is 2.21 bits per heavy atom. The van der Waals surface area contributed by atoms with E-state index in [2.05, 4.69) is 0 Å². The number of sulfonamides is 1. The van der Waals surface area contributed by atoms with Crippen molar-refractivity contribution in [1.82, 2.24) is 9.21 Å². The lowest BCUT2D eigenvalue weighted by molar-refractivity contribution is -0.296. The summed E-state index contributed by atoms with van der Waals surface area (Å²) in [6, 6.07) is 18.8. The van der Waals surface area contributed by atoms with E-state index in [0.29, 0.717) is 6.54 Å². The van der Waals surface area contributed by atoms with Gasteiger partial charge in [0.2, 0.25) is 10.0 Å². The van der Waals surface area contributed by atoms with Gasteiger partial charge in [0.1, 0.15) is 17.8 Å². The minimum Gasteiger partial charge on any atom is -0.459 e. The van der Waals surface area contributed by atoms with Gasteiger partial charge in [-0.3, -0.25) is 4.79 Å². The lowest BCUT2D eigenvalue weighted by Gasteiger charge is -2.47. The van der Waals surface area contributed by atoms with Gasteiger partial charge < -0.3 is 44.3 Å². The topological polar surface area (TPSA) is 193 Å². The maximum Gasteiger partial charge on any atom is 0.338 e. The molecule has 2 aliphatic heterocycles. The third kappa shape index (κ3) is 10.7.